The van der Waals surface area contributed by atoms with Crippen LogP contribution in [0.15, 0.2) is 36.5 Å². The Labute approximate surface area is 264 Å². The summed E-state index contributed by atoms with van der Waals surface area (Å²) >= 11 is 0. The summed E-state index contributed by atoms with van der Waals surface area (Å²) in [4.78, 5) is 16.3. The van der Waals surface area contributed by atoms with Gasteiger partial charge in [-0.25, -0.2) is 13.9 Å². The third-order valence-electron chi connectivity index (χ3n) is 9.61. The van der Waals surface area contributed by atoms with Crippen molar-refractivity contribution in [1.82, 2.24) is 19.6 Å². The molecule has 1 saturated carbocycles. The van der Waals surface area contributed by atoms with E-state index in [4.69, 9.17) is 24.0 Å². The Hall–Kier alpha value is -3.37. The third kappa shape index (κ3) is 5.99. The van der Waals surface area contributed by atoms with Crippen molar-refractivity contribution in [1.29, 1.82) is 0 Å². The molecule has 2 aromatic carbocycles. The first-order valence-corrected chi connectivity index (χ1v) is 16.4. The van der Waals surface area contributed by atoms with Crippen LogP contribution >= 0.6 is 0 Å². The van der Waals surface area contributed by atoms with Crippen LogP contribution < -0.4 is 9.47 Å². The van der Waals surface area contributed by atoms with E-state index in [1.54, 1.807) is 12.0 Å². The summed E-state index contributed by atoms with van der Waals surface area (Å²) < 4.78 is 41.3. The maximum absolute atomic E-state index is 15.4. The van der Waals surface area contributed by atoms with Gasteiger partial charge in [-0.15, -0.1) is 0 Å². The number of fused-ring (bicyclic) bond motifs is 3. The van der Waals surface area contributed by atoms with Crippen molar-refractivity contribution >= 4 is 17.0 Å². The molecule has 7 rings (SSSR count). The van der Waals surface area contributed by atoms with Gasteiger partial charge in [0.1, 0.15) is 28.9 Å². The number of hydrogen-bond donors (Lipinski definition) is 0. The van der Waals surface area contributed by atoms with Gasteiger partial charge in [-0.05, 0) is 95.5 Å². The maximum atomic E-state index is 15.4. The molecule has 10 heteroatoms. The summed E-state index contributed by atoms with van der Waals surface area (Å²) in [7, 11) is 1.67. The number of likely N-dealkylation sites (tertiary alicyclic amines) is 1. The number of carbonyl (C=O) groups is 1. The van der Waals surface area contributed by atoms with Crippen LogP contribution in [0.5, 0.6) is 11.5 Å². The zero-order valence-electron chi connectivity index (χ0n) is 27.1. The van der Waals surface area contributed by atoms with E-state index in [-0.39, 0.29) is 30.5 Å². The van der Waals surface area contributed by atoms with E-state index < -0.39 is 11.3 Å². The predicted molar refractivity (Wildman–Crippen MR) is 169 cm³/mol. The number of amides is 1. The molecule has 9 nitrogen and oxygen atoms in total. The van der Waals surface area contributed by atoms with Crippen molar-refractivity contribution in [3.63, 3.8) is 0 Å². The average Bonchev–Trinajstić information content (AvgIpc) is 3.55. The highest BCUT2D eigenvalue weighted by Crippen LogP contribution is 2.49. The minimum atomic E-state index is -1.14. The summed E-state index contributed by atoms with van der Waals surface area (Å²) in [6.45, 7) is 9.86. The second-order valence-corrected chi connectivity index (χ2v) is 14.3. The van der Waals surface area contributed by atoms with Crippen molar-refractivity contribution in [2.24, 2.45) is 0 Å². The Morgan fingerprint density at radius 1 is 1.13 bits per heavy atom. The van der Waals surface area contributed by atoms with E-state index in [0.717, 1.165) is 54.3 Å². The first-order chi connectivity index (χ1) is 21.5. The highest BCUT2D eigenvalue weighted by Gasteiger charge is 2.48. The molecule has 1 aliphatic carbocycles. The molecule has 4 aliphatic rings. The number of benzene rings is 2. The van der Waals surface area contributed by atoms with Crippen molar-refractivity contribution in [2.75, 3.05) is 33.4 Å². The maximum Gasteiger partial charge on any atom is 0.410 e. The van der Waals surface area contributed by atoms with Crippen LogP contribution in [0.25, 0.3) is 10.9 Å². The van der Waals surface area contributed by atoms with Gasteiger partial charge in [0.25, 0.3) is 0 Å². The summed E-state index contributed by atoms with van der Waals surface area (Å²) in [5.41, 5.74) is 2.80. The molecular weight excluding hydrogens is 575 g/mol. The van der Waals surface area contributed by atoms with Gasteiger partial charge < -0.3 is 23.8 Å². The van der Waals surface area contributed by atoms with Crippen LogP contribution in [0.1, 0.15) is 88.8 Å². The molecule has 0 bridgehead atoms. The molecule has 3 fully saturated rings. The third-order valence-corrected chi connectivity index (χ3v) is 9.61. The molecule has 3 atom stereocenters. The van der Waals surface area contributed by atoms with Gasteiger partial charge in [-0.1, -0.05) is 6.07 Å². The van der Waals surface area contributed by atoms with Crippen LogP contribution in [-0.4, -0.2) is 82.4 Å². The Bertz CT molecular complexity index is 1570. The molecule has 0 spiro atoms. The fourth-order valence-corrected chi connectivity index (χ4v) is 7.06. The smallest absolute Gasteiger partial charge is 0.410 e. The first kappa shape index (κ1) is 30.3. The Kier molecular flexibility index (Phi) is 7.71. The molecule has 3 aliphatic heterocycles. The number of halogens is 1. The zero-order valence-corrected chi connectivity index (χ0v) is 27.1. The number of hydrogen-bond acceptors (Lipinski definition) is 7. The largest absolute Gasteiger partial charge is 0.496 e. The van der Waals surface area contributed by atoms with E-state index >= 15 is 4.39 Å². The molecule has 4 heterocycles. The zero-order chi connectivity index (χ0) is 31.5. The predicted octanol–water partition coefficient (Wildman–Crippen LogP) is 6.58. The van der Waals surface area contributed by atoms with Crippen LogP contribution in [0.2, 0.25) is 0 Å². The normalized spacial score (nSPS) is 25.0. The minimum Gasteiger partial charge on any atom is -0.496 e. The molecule has 242 valence electrons. The SMILES string of the molecule is COc1cc(OC2CN(C(=O)OC(C)(C)C)C2)ccc1[C@@H]1c2ccc3c(cnn3C3CCCCO3)c2C[C@@H](C)N1CC1(F)CC1. The number of ether oxygens (including phenoxy) is 4. The molecule has 0 N–H and O–H groups in total. The van der Waals surface area contributed by atoms with Gasteiger partial charge in [0.2, 0.25) is 0 Å². The number of methoxy groups -OCH3 is 1. The van der Waals surface area contributed by atoms with Crippen molar-refractivity contribution in [3.05, 3.63) is 53.2 Å². The van der Waals surface area contributed by atoms with E-state index in [1.807, 2.05) is 43.8 Å². The molecule has 2 saturated heterocycles. The number of alkyl halides is 1. The highest BCUT2D eigenvalue weighted by atomic mass is 19.1. The van der Waals surface area contributed by atoms with Gasteiger partial charge in [0, 0.05) is 36.2 Å². The topological polar surface area (TPSA) is 78.3 Å². The molecular formula is C35H45FN4O5. The minimum absolute atomic E-state index is 0.0385. The summed E-state index contributed by atoms with van der Waals surface area (Å²) in [6, 6.07) is 10.2. The molecule has 0 radical (unpaired) electrons. The number of rotatable bonds is 7. The standard InChI is InChI=1S/C35H45FN4O5/c1-22-16-27-25(11-12-29-28(27)18-37-40(29)31-8-6-7-15-43-31)32(39(22)21-35(36)13-14-35)26-10-9-23(17-30(26)42-5)44-24-19-38(20-24)33(41)45-34(2,3)4/h9-12,17-18,22,24,31-32H,6-8,13-16,19-21H2,1-5H3/t22-,31?,32+/m1/s1. The lowest BCUT2D eigenvalue weighted by Crippen LogP contribution is -2.57. The van der Waals surface area contributed by atoms with Crippen LogP contribution in [0.3, 0.4) is 0 Å². The average molecular weight is 621 g/mol. The van der Waals surface area contributed by atoms with Crippen LogP contribution in [0, 0.1) is 0 Å². The molecule has 1 unspecified atom stereocenters. The highest BCUT2D eigenvalue weighted by molar-refractivity contribution is 5.84. The van der Waals surface area contributed by atoms with Gasteiger partial charge in [0.05, 0.1) is 38.0 Å². The first-order valence-electron chi connectivity index (χ1n) is 16.4. The second-order valence-electron chi connectivity index (χ2n) is 14.3. The second kappa shape index (κ2) is 11.5. The summed E-state index contributed by atoms with van der Waals surface area (Å²) in [5, 5.41) is 5.94. The van der Waals surface area contributed by atoms with Crippen LogP contribution in [-0.2, 0) is 15.9 Å². The van der Waals surface area contributed by atoms with E-state index in [9.17, 15) is 4.79 Å². The van der Waals surface area contributed by atoms with Crippen LogP contribution in [0.4, 0.5) is 9.18 Å². The fraction of sp³-hybridized carbons (Fsp3) is 0.600. The quantitative estimate of drug-likeness (QED) is 0.295. The Balaban J connectivity index is 1.19. The molecule has 45 heavy (non-hydrogen) atoms. The Morgan fingerprint density at radius 2 is 1.91 bits per heavy atom. The number of nitrogens with zero attached hydrogens (tertiary/aromatic N) is 4. The van der Waals surface area contributed by atoms with Gasteiger partial charge in [-0.3, -0.25) is 4.90 Å². The monoisotopic (exact) mass is 620 g/mol. The van der Waals surface area contributed by atoms with E-state index in [2.05, 4.69) is 30.0 Å². The molecule has 1 aromatic heterocycles. The van der Waals surface area contributed by atoms with Crippen molar-refractivity contribution < 1.29 is 28.1 Å². The summed E-state index contributed by atoms with van der Waals surface area (Å²) in [6.07, 6.45) is 6.71. The lowest BCUT2D eigenvalue weighted by atomic mass is 9.83. The van der Waals surface area contributed by atoms with Crippen molar-refractivity contribution in [2.45, 2.75) is 102 Å². The summed E-state index contributed by atoms with van der Waals surface area (Å²) in [5.74, 6) is 1.37. The van der Waals surface area contributed by atoms with Gasteiger partial charge in [-0.2, -0.15) is 5.10 Å². The molecule has 1 amide bonds. The lowest BCUT2D eigenvalue weighted by Gasteiger charge is -2.43. The van der Waals surface area contributed by atoms with E-state index in [0.29, 0.717) is 44.0 Å². The lowest BCUT2D eigenvalue weighted by molar-refractivity contribution is -0.0366. The van der Waals surface area contributed by atoms with Crippen molar-refractivity contribution in [3.8, 4) is 11.5 Å². The van der Waals surface area contributed by atoms with E-state index in [1.165, 1.54) is 5.56 Å². The molecule has 3 aromatic rings. The Morgan fingerprint density at radius 3 is 2.60 bits per heavy atom. The van der Waals surface area contributed by atoms with Gasteiger partial charge in [0.15, 0.2) is 6.23 Å². The fourth-order valence-electron chi connectivity index (χ4n) is 7.06. The van der Waals surface area contributed by atoms with Gasteiger partial charge >= 0.3 is 6.09 Å². The number of aromatic nitrogens is 2. The number of carbonyl (C=O) groups excluding carboxylic acids is 1.